The highest BCUT2D eigenvalue weighted by Crippen LogP contribution is 2.39. The second kappa shape index (κ2) is 20.5. The maximum Gasteiger partial charge on any atom is 0.325 e. The molecule has 1 aliphatic rings. The first-order valence-electron chi connectivity index (χ1n) is 15.7. The number of esters is 1. The Morgan fingerprint density at radius 3 is 2.41 bits per heavy atom. The van der Waals surface area contributed by atoms with E-state index in [1.807, 2.05) is 6.07 Å². The van der Waals surface area contributed by atoms with Crippen molar-refractivity contribution in [2.75, 3.05) is 31.4 Å². The number of nitrogen functional groups attached to an aromatic ring is 1. The molecular weight excluding hydrogens is 813 g/mol. The molecule has 0 fully saturated rings. The molecule has 0 amide bonds. The van der Waals surface area contributed by atoms with Gasteiger partial charge in [-0.1, -0.05) is 41.4 Å². The molecule has 2 unspecified atom stereocenters. The number of aromatic nitrogens is 2. The van der Waals surface area contributed by atoms with Crippen LogP contribution in [0.15, 0.2) is 69.3 Å². The monoisotopic (exact) mass is 848 g/mol. The first kappa shape index (κ1) is 44.2. The number of nitrogens with zero attached hydrogens (tertiary/aromatic N) is 4. The molecule has 0 saturated carbocycles. The maximum absolute atomic E-state index is 14.3. The number of para-hydroxylation sites is 1. The standard InChI is InChI=1S/C15H15ClFN3O3S2.C12H9ClN2O3.C5H12NO4P/c1-23-13(21)8-24-12-7-11(10(17)6-9(12)16)18-14-19-4-2-3-5-20(19)15(22)25-14;13-11-10(18-8-4-2-1-3-5-8)7-6-9(12(11)14)15(16)17;1-11(9,10)3-2-4(6)5(7)8/h6-7H,2-5,8H2,1H3;1-7H,14H2;4H,2-3,6H2,1H3,(H,7,8)(H,9,10)/b18-14-;;. The molecule has 0 radical (unpaired) electrons. The minimum atomic E-state index is -3.10. The van der Waals surface area contributed by atoms with Gasteiger partial charge >= 0.3 is 16.8 Å². The lowest BCUT2D eigenvalue weighted by molar-refractivity contribution is -0.383. The Morgan fingerprint density at radius 1 is 1.17 bits per heavy atom. The number of aliphatic carboxylic acids is 1. The van der Waals surface area contributed by atoms with E-state index in [9.17, 15) is 33.5 Å². The van der Waals surface area contributed by atoms with Crippen molar-refractivity contribution < 1.29 is 42.9 Å². The van der Waals surface area contributed by atoms with Crippen molar-refractivity contribution in [3.05, 3.63) is 95.0 Å². The summed E-state index contributed by atoms with van der Waals surface area (Å²) in [7, 11) is -1.81. The number of nitro groups is 1. The minimum absolute atomic E-state index is 0.0352. The molecule has 5 rings (SSSR count). The topological polar surface area (TPSA) is 245 Å². The summed E-state index contributed by atoms with van der Waals surface area (Å²) < 4.78 is 38.4. The molecule has 0 bridgehead atoms. The van der Waals surface area contributed by atoms with Gasteiger partial charge in [-0.05, 0) is 60.9 Å². The Labute approximate surface area is 325 Å². The summed E-state index contributed by atoms with van der Waals surface area (Å²) >= 11 is 14.1. The largest absolute Gasteiger partial charge is 0.480 e. The van der Waals surface area contributed by atoms with Gasteiger partial charge in [-0.25, -0.2) is 14.1 Å². The zero-order valence-electron chi connectivity index (χ0n) is 28.7. The van der Waals surface area contributed by atoms with E-state index in [2.05, 4.69) is 9.73 Å². The molecule has 1 aliphatic heterocycles. The molecule has 1 aromatic heterocycles. The predicted molar refractivity (Wildman–Crippen MR) is 205 cm³/mol. The van der Waals surface area contributed by atoms with E-state index in [4.69, 9.17) is 49.4 Å². The molecule has 292 valence electrons. The van der Waals surface area contributed by atoms with E-state index in [1.165, 1.54) is 32.0 Å². The highest BCUT2D eigenvalue weighted by atomic mass is 35.5. The molecule has 2 atom stereocenters. The first-order chi connectivity index (χ1) is 25.4. The SMILES string of the molecule is COC(=O)CSc1cc(/N=c2\sc(=O)n3n2CCCC3)c(F)cc1Cl.CP(=O)(O)CCC(N)C(=O)O.Nc1c([N+](=O)[O-])ccc(Oc2ccccc2)c1Cl. The maximum atomic E-state index is 14.3. The summed E-state index contributed by atoms with van der Waals surface area (Å²) in [6.07, 6.45) is 1.90. The number of fused-ring (bicyclic) bond motifs is 1. The molecule has 0 aliphatic carbocycles. The Morgan fingerprint density at radius 2 is 1.81 bits per heavy atom. The number of carbonyl (C=O) groups is 2. The number of hydrogen-bond acceptors (Lipinski definition) is 13. The van der Waals surface area contributed by atoms with Gasteiger partial charge in [-0.15, -0.1) is 11.8 Å². The van der Waals surface area contributed by atoms with Crippen LogP contribution in [0.2, 0.25) is 10.0 Å². The molecule has 22 heteroatoms. The number of carboxylic acids is 1. The Kier molecular flexibility index (Phi) is 16.7. The van der Waals surface area contributed by atoms with E-state index < -0.39 is 36.1 Å². The molecule has 0 saturated heterocycles. The number of hydrogen-bond donors (Lipinski definition) is 4. The molecule has 54 heavy (non-hydrogen) atoms. The molecule has 6 N–H and O–H groups in total. The van der Waals surface area contributed by atoms with Crippen molar-refractivity contribution in [3.63, 3.8) is 0 Å². The van der Waals surface area contributed by atoms with E-state index in [1.54, 1.807) is 33.6 Å². The van der Waals surface area contributed by atoms with Gasteiger partial charge in [0.25, 0.3) is 5.69 Å². The number of benzene rings is 3. The zero-order chi connectivity index (χ0) is 40.2. The van der Waals surface area contributed by atoms with Crippen LogP contribution in [-0.2, 0) is 32.0 Å². The quantitative estimate of drug-likeness (QED) is 0.0333. The number of nitro benzene ring substituents is 1. The average Bonchev–Trinajstić information content (AvgIpc) is 3.44. The molecule has 3 aromatic carbocycles. The van der Waals surface area contributed by atoms with Gasteiger partial charge in [0.2, 0.25) is 4.80 Å². The number of methoxy groups -OCH3 is 1. The molecule has 2 heterocycles. The van der Waals surface area contributed by atoms with Crippen molar-refractivity contribution >= 4 is 82.7 Å². The van der Waals surface area contributed by atoms with Crippen molar-refractivity contribution in [1.29, 1.82) is 0 Å². The van der Waals surface area contributed by atoms with Crippen LogP contribution in [-0.4, -0.2) is 68.0 Å². The fourth-order valence-corrected chi connectivity index (χ4v) is 7.29. The van der Waals surface area contributed by atoms with Gasteiger partial charge < -0.3 is 30.9 Å². The molecule has 16 nitrogen and oxygen atoms in total. The van der Waals surface area contributed by atoms with Crippen molar-refractivity contribution in [3.8, 4) is 11.5 Å². The highest BCUT2D eigenvalue weighted by molar-refractivity contribution is 8.00. The van der Waals surface area contributed by atoms with Crippen LogP contribution < -0.4 is 25.9 Å². The lowest BCUT2D eigenvalue weighted by Crippen LogP contribution is -2.31. The summed E-state index contributed by atoms with van der Waals surface area (Å²) in [5, 5.41) is 19.2. The Balaban J connectivity index is 0.000000237. The fraction of sp³-hybridized carbons (Fsp3) is 0.312. The third-order valence-corrected chi connectivity index (χ3v) is 10.9. The number of anilines is 1. The summed E-state index contributed by atoms with van der Waals surface area (Å²) in [6, 6.07) is 13.2. The summed E-state index contributed by atoms with van der Waals surface area (Å²) in [4.78, 5) is 57.5. The van der Waals surface area contributed by atoms with E-state index in [0.717, 1.165) is 42.0 Å². The zero-order valence-corrected chi connectivity index (χ0v) is 32.8. The number of nitrogens with two attached hydrogens (primary N) is 2. The van der Waals surface area contributed by atoms with E-state index in [-0.39, 0.29) is 56.1 Å². The van der Waals surface area contributed by atoms with Crippen LogP contribution in [0.4, 0.5) is 21.5 Å². The summed E-state index contributed by atoms with van der Waals surface area (Å²) in [5.74, 6) is -1.20. The fourth-order valence-electron chi connectivity index (χ4n) is 4.35. The van der Waals surface area contributed by atoms with Crippen molar-refractivity contribution in [1.82, 2.24) is 9.36 Å². The minimum Gasteiger partial charge on any atom is -0.480 e. The van der Waals surface area contributed by atoms with Crippen LogP contribution in [0.3, 0.4) is 0 Å². The Bertz CT molecular complexity index is 2150. The molecule has 0 spiro atoms. The van der Waals surface area contributed by atoms with Crippen molar-refractivity contribution in [2.45, 2.75) is 43.3 Å². The smallest absolute Gasteiger partial charge is 0.325 e. The number of halogens is 3. The van der Waals surface area contributed by atoms with Crippen LogP contribution in [0.5, 0.6) is 11.5 Å². The number of rotatable bonds is 11. The summed E-state index contributed by atoms with van der Waals surface area (Å²) in [6.45, 7) is 2.51. The lowest BCUT2D eigenvalue weighted by Gasteiger charge is -2.15. The number of thioether (sulfide) groups is 1. The third kappa shape index (κ3) is 13.3. The van der Waals surface area contributed by atoms with Crippen LogP contribution in [0.25, 0.3) is 0 Å². The van der Waals surface area contributed by atoms with Crippen LogP contribution in [0, 0.1) is 15.9 Å². The van der Waals surface area contributed by atoms with Gasteiger partial charge in [0, 0.05) is 36.9 Å². The normalized spacial score (nSPS) is 13.9. The average molecular weight is 850 g/mol. The Hall–Kier alpha value is -4.23. The lowest BCUT2D eigenvalue weighted by atomic mass is 10.2. The van der Waals surface area contributed by atoms with Crippen LogP contribution in [0.1, 0.15) is 19.3 Å². The molecule has 4 aromatic rings. The first-order valence-corrected chi connectivity index (χ1v) is 20.5. The van der Waals surface area contributed by atoms with Gasteiger partial charge in [-0.2, -0.15) is 0 Å². The third-order valence-electron chi connectivity index (χ3n) is 7.14. The molecular formula is C32H36Cl2FN6O10PS2. The van der Waals surface area contributed by atoms with Gasteiger partial charge in [-0.3, -0.25) is 33.7 Å². The number of carboxylic acid groups (broad SMARTS) is 1. The van der Waals surface area contributed by atoms with Crippen molar-refractivity contribution in [2.24, 2.45) is 10.7 Å². The highest BCUT2D eigenvalue weighted by Gasteiger charge is 2.19. The van der Waals surface area contributed by atoms with Gasteiger partial charge in [0.1, 0.15) is 39.8 Å². The second-order valence-electron chi connectivity index (χ2n) is 11.3. The van der Waals surface area contributed by atoms with Gasteiger partial charge in [0.15, 0.2) is 7.37 Å². The number of ether oxygens (including phenoxy) is 2. The summed E-state index contributed by atoms with van der Waals surface area (Å²) in [5.41, 5.74) is 10.4. The predicted octanol–water partition coefficient (Wildman–Crippen LogP) is 6.11. The van der Waals surface area contributed by atoms with E-state index in [0.29, 0.717) is 28.5 Å². The van der Waals surface area contributed by atoms with Gasteiger partial charge in [0.05, 0.1) is 22.8 Å². The van der Waals surface area contributed by atoms with Crippen LogP contribution >= 0.6 is 53.7 Å². The second-order valence-corrected chi connectivity index (χ2v) is 16.6. The van der Waals surface area contributed by atoms with E-state index >= 15 is 0 Å². The number of carbonyl (C=O) groups excluding carboxylic acids is 1.